The van der Waals surface area contributed by atoms with Gasteiger partial charge in [-0.15, -0.1) is 0 Å². The van der Waals surface area contributed by atoms with Crippen molar-refractivity contribution in [2.24, 2.45) is 0 Å². The number of carbonyl (C=O) groups is 1. The molecule has 0 unspecified atom stereocenters. The van der Waals surface area contributed by atoms with Gasteiger partial charge in [0.2, 0.25) is 0 Å². The normalized spacial score (nSPS) is 11.8. The van der Waals surface area contributed by atoms with Crippen LogP contribution in [0.4, 0.5) is 13.2 Å². The number of hydrogen-bond acceptors (Lipinski definition) is 3. The zero-order chi connectivity index (χ0) is 15.1. The molecule has 2 aromatic rings. The molecule has 2 N–H and O–H groups in total. The molecular formula is C11H7F3N2O4. The fraction of sp³-hybridized carbons (Fsp3) is 0.182. The summed E-state index contributed by atoms with van der Waals surface area (Å²) in [5.74, 6) is -1.43. The molecule has 0 bridgehead atoms. The van der Waals surface area contributed by atoms with E-state index in [1.165, 1.54) is 6.07 Å². The molecule has 2 rings (SSSR count). The maximum Gasteiger partial charge on any atom is 0.406 e. The van der Waals surface area contributed by atoms with Crippen LogP contribution in [0.15, 0.2) is 27.8 Å². The number of H-pyrrole nitrogens is 1. The number of fused-ring (bicyclic) bond motifs is 1. The summed E-state index contributed by atoms with van der Waals surface area (Å²) < 4.78 is 37.6. The van der Waals surface area contributed by atoms with Crippen molar-refractivity contribution in [1.29, 1.82) is 0 Å². The molecule has 0 aliphatic heterocycles. The summed E-state index contributed by atoms with van der Waals surface area (Å²) >= 11 is 0. The molecule has 0 atom stereocenters. The number of aromatic nitrogens is 2. The molecule has 0 aliphatic carbocycles. The van der Waals surface area contributed by atoms with Gasteiger partial charge in [0.1, 0.15) is 6.54 Å². The van der Waals surface area contributed by atoms with Gasteiger partial charge in [-0.05, 0) is 12.1 Å². The number of para-hydroxylation sites is 1. The molecule has 0 fully saturated rings. The first kappa shape index (κ1) is 13.8. The highest BCUT2D eigenvalue weighted by atomic mass is 19.4. The largest absolute Gasteiger partial charge is 0.478 e. The highest BCUT2D eigenvalue weighted by Crippen LogP contribution is 2.20. The molecule has 1 heterocycles. The SMILES string of the molecule is O=C(O)c1cccc2c1[nH]c(=O)c(=O)n2CC(F)(F)F. The van der Waals surface area contributed by atoms with Crippen LogP contribution in [0.25, 0.3) is 11.0 Å². The summed E-state index contributed by atoms with van der Waals surface area (Å²) in [6, 6.07) is 3.43. The van der Waals surface area contributed by atoms with Crippen molar-refractivity contribution in [3.63, 3.8) is 0 Å². The molecule has 0 radical (unpaired) electrons. The molecule has 6 nitrogen and oxygen atoms in total. The van der Waals surface area contributed by atoms with Crippen molar-refractivity contribution in [1.82, 2.24) is 9.55 Å². The van der Waals surface area contributed by atoms with Crippen LogP contribution in [-0.2, 0) is 6.54 Å². The number of carboxylic acid groups (broad SMARTS) is 1. The van der Waals surface area contributed by atoms with E-state index in [0.717, 1.165) is 12.1 Å². The average Bonchev–Trinajstić information content (AvgIpc) is 2.32. The van der Waals surface area contributed by atoms with Crippen molar-refractivity contribution in [2.75, 3.05) is 0 Å². The van der Waals surface area contributed by atoms with Crippen LogP contribution in [0.5, 0.6) is 0 Å². The van der Waals surface area contributed by atoms with Gasteiger partial charge in [0.05, 0.1) is 16.6 Å². The minimum absolute atomic E-state index is 0.209. The lowest BCUT2D eigenvalue weighted by Crippen LogP contribution is -2.39. The Balaban J connectivity index is 2.90. The Labute approximate surface area is 108 Å². The van der Waals surface area contributed by atoms with Gasteiger partial charge in [0, 0.05) is 0 Å². The van der Waals surface area contributed by atoms with E-state index in [2.05, 4.69) is 0 Å². The van der Waals surface area contributed by atoms with Gasteiger partial charge in [0.25, 0.3) is 0 Å². The second-order valence-corrected chi connectivity index (χ2v) is 3.97. The van der Waals surface area contributed by atoms with Crippen LogP contribution >= 0.6 is 0 Å². The topological polar surface area (TPSA) is 92.2 Å². The van der Waals surface area contributed by atoms with E-state index in [0.29, 0.717) is 0 Å². The van der Waals surface area contributed by atoms with Crippen molar-refractivity contribution < 1.29 is 23.1 Å². The van der Waals surface area contributed by atoms with Crippen molar-refractivity contribution in [3.05, 3.63) is 44.5 Å². The Kier molecular flexibility index (Phi) is 3.12. The predicted octanol–water partition coefficient (Wildman–Crippen LogP) is 0.950. The molecule has 9 heteroatoms. The Morgan fingerprint density at radius 2 is 1.95 bits per heavy atom. The van der Waals surface area contributed by atoms with Crippen LogP contribution in [0.2, 0.25) is 0 Å². The number of alkyl halides is 3. The van der Waals surface area contributed by atoms with E-state index >= 15 is 0 Å². The summed E-state index contributed by atoms with van der Waals surface area (Å²) in [4.78, 5) is 35.9. The third-order valence-corrected chi connectivity index (χ3v) is 2.58. The lowest BCUT2D eigenvalue weighted by atomic mass is 10.1. The number of aromatic amines is 1. The number of nitrogens with one attached hydrogen (secondary N) is 1. The number of halogens is 3. The molecule has 0 amide bonds. The first-order valence-electron chi connectivity index (χ1n) is 5.26. The molecule has 0 aliphatic rings. The smallest absolute Gasteiger partial charge is 0.406 e. The lowest BCUT2D eigenvalue weighted by molar-refractivity contribution is -0.140. The first-order valence-corrected chi connectivity index (χ1v) is 5.26. The van der Waals surface area contributed by atoms with Gasteiger partial charge < -0.3 is 10.1 Å². The van der Waals surface area contributed by atoms with Crippen LogP contribution in [0, 0.1) is 0 Å². The number of benzene rings is 1. The fourth-order valence-electron chi connectivity index (χ4n) is 1.81. The lowest BCUT2D eigenvalue weighted by Gasteiger charge is -2.12. The molecule has 0 saturated heterocycles. The summed E-state index contributed by atoms with van der Waals surface area (Å²) in [5.41, 5.74) is -3.72. The van der Waals surface area contributed by atoms with E-state index in [1.54, 1.807) is 0 Å². The van der Waals surface area contributed by atoms with E-state index in [4.69, 9.17) is 5.11 Å². The monoisotopic (exact) mass is 288 g/mol. The number of rotatable bonds is 2. The van der Waals surface area contributed by atoms with Crippen molar-refractivity contribution in [2.45, 2.75) is 12.7 Å². The highest BCUT2D eigenvalue weighted by molar-refractivity contribution is 6.00. The van der Waals surface area contributed by atoms with Crippen molar-refractivity contribution in [3.8, 4) is 0 Å². The second kappa shape index (κ2) is 4.51. The Bertz CT molecular complexity index is 804. The summed E-state index contributed by atoms with van der Waals surface area (Å²) in [6.07, 6.45) is -4.72. The third kappa shape index (κ3) is 2.42. The molecule has 0 saturated carbocycles. The van der Waals surface area contributed by atoms with E-state index in [1.807, 2.05) is 4.98 Å². The zero-order valence-electron chi connectivity index (χ0n) is 9.69. The number of aromatic carboxylic acids is 1. The van der Waals surface area contributed by atoms with Crippen LogP contribution < -0.4 is 11.1 Å². The first-order chi connectivity index (χ1) is 9.20. The maximum absolute atomic E-state index is 12.5. The number of nitrogens with zero attached hydrogens (tertiary/aromatic N) is 1. The number of hydrogen-bond donors (Lipinski definition) is 2. The fourth-order valence-corrected chi connectivity index (χ4v) is 1.81. The molecule has 20 heavy (non-hydrogen) atoms. The quantitative estimate of drug-likeness (QED) is 0.805. The predicted molar refractivity (Wildman–Crippen MR) is 61.8 cm³/mol. The zero-order valence-corrected chi connectivity index (χ0v) is 9.69. The van der Waals surface area contributed by atoms with Gasteiger partial charge in [0.15, 0.2) is 0 Å². The van der Waals surface area contributed by atoms with Crippen LogP contribution in [0.3, 0.4) is 0 Å². The minimum atomic E-state index is -4.72. The van der Waals surface area contributed by atoms with Gasteiger partial charge in [-0.25, -0.2) is 4.79 Å². The Morgan fingerprint density at radius 1 is 1.30 bits per heavy atom. The molecular weight excluding hydrogens is 281 g/mol. The highest BCUT2D eigenvalue weighted by Gasteiger charge is 2.30. The van der Waals surface area contributed by atoms with E-state index in [9.17, 15) is 27.6 Å². The second-order valence-electron chi connectivity index (χ2n) is 3.97. The molecule has 0 spiro atoms. The van der Waals surface area contributed by atoms with Crippen LogP contribution in [-0.4, -0.2) is 26.8 Å². The Hall–Kier alpha value is -2.58. The van der Waals surface area contributed by atoms with E-state index < -0.39 is 35.4 Å². The number of carboxylic acids is 1. The minimum Gasteiger partial charge on any atom is -0.478 e. The van der Waals surface area contributed by atoms with Gasteiger partial charge in [-0.2, -0.15) is 13.2 Å². The third-order valence-electron chi connectivity index (χ3n) is 2.58. The van der Waals surface area contributed by atoms with Gasteiger partial charge >= 0.3 is 23.3 Å². The summed E-state index contributed by atoms with van der Waals surface area (Å²) in [6.45, 7) is -1.67. The standard InChI is InChI=1S/C11H7F3N2O4/c12-11(13,14)4-16-6-3-1-2-5(10(19)20)7(6)15-8(17)9(16)18/h1-3H,4H2,(H,15,17)(H,19,20). The molecule has 106 valence electrons. The average molecular weight is 288 g/mol. The summed E-state index contributed by atoms with van der Waals surface area (Å²) in [5, 5.41) is 8.93. The van der Waals surface area contributed by atoms with Gasteiger partial charge in [-0.1, -0.05) is 6.07 Å². The maximum atomic E-state index is 12.5. The van der Waals surface area contributed by atoms with Crippen LogP contribution in [0.1, 0.15) is 10.4 Å². The summed E-state index contributed by atoms with van der Waals surface area (Å²) in [7, 11) is 0. The molecule has 1 aromatic heterocycles. The van der Waals surface area contributed by atoms with Crippen molar-refractivity contribution >= 4 is 17.0 Å². The molecule has 1 aromatic carbocycles. The van der Waals surface area contributed by atoms with Gasteiger partial charge in [-0.3, -0.25) is 14.2 Å². The van der Waals surface area contributed by atoms with E-state index in [-0.39, 0.29) is 15.6 Å². The Morgan fingerprint density at radius 3 is 2.50 bits per heavy atom.